The van der Waals surface area contributed by atoms with Crippen LogP contribution in [-0.4, -0.2) is 73.9 Å². The molecule has 0 saturated carbocycles. The second-order valence-electron chi connectivity index (χ2n) is 7.47. The zero-order valence-corrected chi connectivity index (χ0v) is 20.0. The molecule has 33 heavy (non-hydrogen) atoms. The van der Waals surface area contributed by atoms with E-state index in [0.717, 1.165) is 18.7 Å². The van der Waals surface area contributed by atoms with Crippen molar-refractivity contribution in [2.45, 2.75) is 11.4 Å². The van der Waals surface area contributed by atoms with Crippen molar-refractivity contribution in [3.63, 3.8) is 0 Å². The molecule has 1 saturated heterocycles. The van der Waals surface area contributed by atoms with Crippen LogP contribution in [0.2, 0.25) is 0 Å². The van der Waals surface area contributed by atoms with Crippen molar-refractivity contribution in [1.29, 1.82) is 0 Å². The number of sulfonamides is 1. The molecule has 0 amide bonds. The Hall–Kier alpha value is -3.02. The highest BCUT2D eigenvalue weighted by molar-refractivity contribution is 7.89. The number of rotatable bonds is 8. The summed E-state index contributed by atoms with van der Waals surface area (Å²) >= 11 is 0. The highest BCUT2D eigenvalue weighted by Crippen LogP contribution is 2.40. The number of benzene rings is 2. The molecule has 0 spiro atoms. The van der Waals surface area contributed by atoms with E-state index in [1.54, 1.807) is 27.4 Å². The van der Waals surface area contributed by atoms with E-state index in [9.17, 15) is 13.2 Å². The molecule has 1 heterocycles. The van der Waals surface area contributed by atoms with Crippen molar-refractivity contribution in [2.75, 3.05) is 59.5 Å². The van der Waals surface area contributed by atoms with E-state index in [1.807, 2.05) is 17.0 Å². The van der Waals surface area contributed by atoms with Crippen LogP contribution in [0, 0.1) is 0 Å². The van der Waals surface area contributed by atoms with E-state index in [-0.39, 0.29) is 10.5 Å². The smallest absolute Gasteiger partial charge is 0.340 e. The Balaban J connectivity index is 1.78. The summed E-state index contributed by atoms with van der Waals surface area (Å²) < 4.78 is 44.7. The van der Waals surface area contributed by atoms with Crippen LogP contribution in [0.5, 0.6) is 17.2 Å². The number of piperazine rings is 1. The van der Waals surface area contributed by atoms with Gasteiger partial charge in [-0.25, -0.2) is 18.4 Å². The molecule has 0 aromatic heterocycles. The van der Waals surface area contributed by atoms with Gasteiger partial charge in [-0.15, -0.1) is 0 Å². The maximum atomic E-state index is 12.3. The summed E-state index contributed by atoms with van der Waals surface area (Å²) in [6.45, 7) is 3.35. The molecule has 2 aromatic carbocycles. The number of esters is 1. The van der Waals surface area contributed by atoms with E-state index in [2.05, 4.69) is 4.90 Å². The second-order valence-corrected chi connectivity index (χ2v) is 9.03. The summed E-state index contributed by atoms with van der Waals surface area (Å²) in [6, 6.07) is 8.06. The van der Waals surface area contributed by atoms with Gasteiger partial charge in [-0.3, -0.25) is 4.90 Å². The standard InChI is InChI=1S/C22H29N3O7S/c1-29-19-8-5-15(20(30-2)21(19)31-3)14-24-9-11-25(12-10-24)18-7-6-16(33(23,27)28)13-17(18)22(26)32-4/h5-8,13H,9-12,14H2,1-4H3,(H2,23,27,28). The zero-order valence-electron chi connectivity index (χ0n) is 19.2. The van der Waals surface area contributed by atoms with Gasteiger partial charge in [-0.2, -0.15) is 0 Å². The summed E-state index contributed by atoms with van der Waals surface area (Å²) in [5.41, 5.74) is 1.74. The van der Waals surface area contributed by atoms with Crippen LogP contribution in [0.15, 0.2) is 35.2 Å². The van der Waals surface area contributed by atoms with E-state index >= 15 is 0 Å². The largest absolute Gasteiger partial charge is 0.493 e. The van der Waals surface area contributed by atoms with Crippen LogP contribution >= 0.6 is 0 Å². The molecular formula is C22H29N3O7S. The first-order chi connectivity index (χ1) is 15.7. The van der Waals surface area contributed by atoms with Gasteiger partial charge in [0, 0.05) is 38.3 Å². The fourth-order valence-corrected chi connectivity index (χ4v) is 4.46. The lowest BCUT2D eigenvalue weighted by molar-refractivity contribution is 0.0601. The van der Waals surface area contributed by atoms with Gasteiger partial charge >= 0.3 is 5.97 Å². The molecule has 1 aliphatic rings. The van der Waals surface area contributed by atoms with Gasteiger partial charge in [-0.05, 0) is 24.3 Å². The number of carbonyl (C=O) groups excluding carboxylic acids is 1. The predicted octanol–water partition coefficient (Wildman–Crippen LogP) is 1.47. The van der Waals surface area contributed by atoms with Gasteiger partial charge in [0.15, 0.2) is 11.5 Å². The van der Waals surface area contributed by atoms with Gasteiger partial charge in [-0.1, -0.05) is 6.07 Å². The van der Waals surface area contributed by atoms with Crippen molar-refractivity contribution in [1.82, 2.24) is 4.90 Å². The van der Waals surface area contributed by atoms with Crippen LogP contribution in [-0.2, 0) is 21.3 Å². The average molecular weight is 480 g/mol. The molecule has 0 aliphatic carbocycles. The molecule has 3 rings (SSSR count). The van der Waals surface area contributed by atoms with Crippen LogP contribution in [0.25, 0.3) is 0 Å². The molecule has 1 aliphatic heterocycles. The van der Waals surface area contributed by atoms with Crippen molar-refractivity contribution < 1.29 is 32.2 Å². The molecular weight excluding hydrogens is 450 g/mol. The third kappa shape index (κ3) is 5.32. The highest BCUT2D eigenvalue weighted by atomic mass is 32.2. The minimum Gasteiger partial charge on any atom is -0.493 e. The Kier molecular flexibility index (Phi) is 7.67. The SMILES string of the molecule is COC(=O)c1cc(S(N)(=O)=O)ccc1N1CCN(Cc2ccc(OC)c(OC)c2OC)CC1. The van der Waals surface area contributed by atoms with Crippen molar-refractivity contribution in [3.8, 4) is 17.2 Å². The number of methoxy groups -OCH3 is 4. The molecule has 180 valence electrons. The first-order valence-electron chi connectivity index (χ1n) is 10.2. The van der Waals surface area contributed by atoms with Gasteiger partial charge in [0.25, 0.3) is 0 Å². The number of nitrogens with two attached hydrogens (primary N) is 1. The minimum absolute atomic E-state index is 0.133. The summed E-state index contributed by atoms with van der Waals surface area (Å²) in [4.78, 5) is 16.5. The quantitative estimate of drug-likeness (QED) is 0.561. The number of nitrogens with zero attached hydrogens (tertiary/aromatic N) is 2. The van der Waals surface area contributed by atoms with E-state index in [4.69, 9.17) is 24.1 Å². The summed E-state index contributed by atoms with van der Waals surface area (Å²) in [5.74, 6) is 1.16. The monoisotopic (exact) mass is 479 g/mol. The Labute approximate surface area is 193 Å². The lowest BCUT2D eigenvalue weighted by Gasteiger charge is -2.37. The van der Waals surface area contributed by atoms with Crippen molar-refractivity contribution in [3.05, 3.63) is 41.5 Å². The molecule has 2 aromatic rings. The molecule has 0 bridgehead atoms. The minimum atomic E-state index is -3.94. The van der Waals surface area contributed by atoms with E-state index in [0.29, 0.717) is 42.6 Å². The summed E-state index contributed by atoms with van der Waals surface area (Å²) in [5, 5.41) is 5.22. The first kappa shape index (κ1) is 24.6. The Morgan fingerprint density at radius 2 is 1.61 bits per heavy atom. The summed E-state index contributed by atoms with van der Waals surface area (Å²) in [7, 11) is 2.06. The topological polar surface area (TPSA) is 121 Å². The average Bonchev–Trinajstić information content (AvgIpc) is 2.82. The fourth-order valence-electron chi connectivity index (χ4n) is 3.92. The van der Waals surface area contributed by atoms with Crippen LogP contribution in [0.3, 0.4) is 0 Å². The van der Waals surface area contributed by atoms with Crippen LogP contribution < -0.4 is 24.2 Å². The number of carbonyl (C=O) groups is 1. The van der Waals surface area contributed by atoms with Gasteiger partial charge < -0.3 is 23.8 Å². The third-order valence-electron chi connectivity index (χ3n) is 5.59. The maximum absolute atomic E-state index is 12.3. The fraction of sp³-hybridized carbons (Fsp3) is 0.409. The molecule has 2 N–H and O–H groups in total. The van der Waals surface area contributed by atoms with E-state index in [1.165, 1.54) is 19.2 Å². The summed E-state index contributed by atoms with van der Waals surface area (Å²) in [6.07, 6.45) is 0. The first-order valence-corrected chi connectivity index (χ1v) is 11.8. The van der Waals surface area contributed by atoms with Crippen molar-refractivity contribution in [2.24, 2.45) is 5.14 Å². The van der Waals surface area contributed by atoms with Gasteiger partial charge in [0.2, 0.25) is 15.8 Å². The third-order valence-corrected chi connectivity index (χ3v) is 6.51. The molecule has 0 unspecified atom stereocenters. The number of primary sulfonamides is 1. The second kappa shape index (κ2) is 10.3. The number of anilines is 1. The Morgan fingerprint density at radius 1 is 0.939 bits per heavy atom. The maximum Gasteiger partial charge on any atom is 0.340 e. The molecule has 11 heteroatoms. The number of ether oxygens (including phenoxy) is 4. The lowest BCUT2D eigenvalue weighted by atomic mass is 10.1. The Morgan fingerprint density at radius 3 is 2.15 bits per heavy atom. The highest BCUT2D eigenvalue weighted by Gasteiger charge is 2.25. The predicted molar refractivity (Wildman–Crippen MR) is 123 cm³/mol. The van der Waals surface area contributed by atoms with Gasteiger partial charge in [0.05, 0.1) is 44.6 Å². The molecule has 0 atom stereocenters. The van der Waals surface area contributed by atoms with Crippen LogP contribution in [0.4, 0.5) is 5.69 Å². The van der Waals surface area contributed by atoms with Gasteiger partial charge in [0.1, 0.15) is 0 Å². The van der Waals surface area contributed by atoms with E-state index < -0.39 is 16.0 Å². The zero-order chi connectivity index (χ0) is 24.2. The molecule has 1 fully saturated rings. The van der Waals surface area contributed by atoms with Crippen LogP contribution in [0.1, 0.15) is 15.9 Å². The Bertz CT molecular complexity index is 1110. The molecule has 0 radical (unpaired) electrons. The number of hydrogen-bond acceptors (Lipinski definition) is 9. The lowest BCUT2D eigenvalue weighted by Crippen LogP contribution is -2.46. The van der Waals surface area contributed by atoms with Crippen molar-refractivity contribution >= 4 is 21.7 Å². The number of hydrogen-bond donors (Lipinski definition) is 1. The molecule has 10 nitrogen and oxygen atoms in total. The normalized spacial score (nSPS) is 14.6.